The van der Waals surface area contributed by atoms with E-state index < -0.39 is 0 Å². The van der Waals surface area contributed by atoms with Gasteiger partial charge in [-0.1, -0.05) is 24.3 Å². The van der Waals surface area contributed by atoms with Crippen LogP contribution in [0.5, 0.6) is 11.5 Å². The Morgan fingerprint density at radius 3 is 2.38 bits per heavy atom. The molecule has 0 fully saturated rings. The van der Waals surface area contributed by atoms with Gasteiger partial charge < -0.3 is 14.5 Å². The van der Waals surface area contributed by atoms with Crippen LogP contribution >= 0.6 is 0 Å². The summed E-state index contributed by atoms with van der Waals surface area (Å²) in [7, 11) is 0. The van der Waals surface area contributed by atoms with Gasteiger partial charge in [-0.15, -0.1) is 0 Å². The molecule has 0 saturated heterocycles. The zero-order chi connectivity index (χ0) is 17.9. The number of aryl methyl sites for hydroxylation is 1. The Labute approximate surface area is 150 Å². The van der Waals surface area contributed by atoms with Gasteiger partial charge in [0.1, 0.15) is 22.8 Å². The summed E-state index contributed by atoms with van der Waals surface area (Å²) in [5.74, 6) is 1.23. The number of hydrogen-bond acceptors (Lipinski definition) is 3. The first kappa shape index (κ1) is 15.9. The fourth-order valence-corrected chi connectivity index (χ4v) is 2.68. The molecule has 4 rings (SSSR count). The van der Waals surface area contributed by atoms with Gasteiger partial charge in [-0.2, -0.15) is 0 Å². The molecule has 0 spiro atoms. The molecule has 26 heavy (non-hydrogen) atoms. The summed E-state index contributed by atoms with van der Waals surface area (Å²) in [6.45, 7) is 1.97. The lowest BCUT2D eigenvalue weighted by Gasteiger charge is -2.07. The van der Waals surface area contributed by atoms with E-state index in [4.69, 9.17) is 4.74 Å². The summed E-state index contributed by atoms with van der Waals surface area (Å²) in [4.78, 5) is 16.8. The highest BCUT2D eigenvalue weighted by atomic mass is 16.5. The maximum Gasteiger partial charge on any atom is 0.275 e. The van der Waals surface area contributed by atoms with E-state index >= 15 is 0 Å². The van der Waals surface area contributed by atoms with Crippen LogP contribution in [-0.2, 0) is 0 Å². The van der Waals surface area contributed by atoms with Gasteiger partial charge in [-0.3, -0.25) is 4.79 Å². The van der Waals surface area contributed by atoms with Gasteiger partial charge in [-0.25, -0.2) is 4.98 Å². The lowest BCUT2D eigenvalue weighted by atomic mass is 10.3. The molecule has 0 aliphatic carbocycles. The molecule has 128 valence electrons. The minimum absolute atomic E-state index is 0.246. The molecule has 0 aliphatic rings. The second-order valence-corrected chi connectivity index (χ2v) is 5.92. The molecule has 1 N–H and O–H groups in total. The zero-order valence-corrected chi connectivity index (χ0v) is 14.2. The summed E-state index contributed by atoms with van der Waals surface area (Å²) >= 11 is 0. The minimum atomic E-state index is -0.246. The molecule has 0 bridgehead atoms. The maximum absolute atomic E-state index is 12.5. The van der Waals surface area contributed by atoms with Crippen molar-refractivity contribution in [1.29, 1.82) is 0 Å². The number of fused-ring (bicyclic) bond motifs is 1. The molecule has 0 aliphatic heterocycles. The molecule has 1 amide bonds. The molecular formula is C21H17N3O2. The van der Waals surface area contributed by atoms with Gasteiger partial charge in [0.2, 0.25) is 0 Å². The third-order valence-electron chi connectivity index (χ3n) is 4.02. The average Bonchev–Trinajstić information content (AvgIpc) is 3.10. The first-order valence-electron chi connectivity index (χ1n) is 8.28. The number of aromatic nitrogens is 2. The highest BCUT2D eigenvalue weighted by Gasteiger charge is 2.12. The number of carbonyl (C=O) groups excluding carboxylic acids is 1. The lowest BCUT2D eigenvalue weighted by molar-refractivity contribution is 0.102. The Balaban J connectivity index is 1.47. The normalized spacial score (nSPS) is 10.7. The predicted octanol–water partition coefficient (Wildman–Crippen LogP) is 4.69. The number of ether oxygens (including phenoxy) is 1. The van der Waals surface area contributed by atoms with Crippen LogP contribution in [0.4, 0.5) is 5.69 Å². The van der Waals surface area contributed by atoms with Crippen LogP contribution < -0.4 is 10.1 Å². The third-order valence-corrected chi connectivity index (χ3v) is 4.02. The number of imidazole rings is 1. The number of pyridine rings is 1. The van der Waals surface area contributed by atoms with E-state index in [1.807, 2.05) is 72.0 Å². The maximum atomic E-state index is 12.5. The van der Waals surface area contributed by atoms with E-state index in [9.17, 15) is 4.79 Å². The molecule has 2 aromatic carbocycles. The Morgan fingerprint density at radius 1 is 0.923 bits per heavy atom. The van der Waals surface area contributed by atoms with Crippen LogP contribution in [0.2, 0.25) is 0 Å². The molecule has 0 atom stereocenters. The quantitative estimate of drug-likeness (QED) is 0.585. The predicted molar refractivity (Wildman–Crippen MR) is 101 cm³/mol. The topological polar surface area (TPSA) is 55.6 Å². The van der Waals surface area contributed by atoms with Crippen LogP contribution in [0.3, 0.4) is 0 Å². The molecule has 0 radical (unpaired) electrons. The smallest absolute Gasteiger partial charge is 0.275 e. The molecule has 2 aromatic heterocycles. The molecule has 0 saturated carbocycles. The summed E-state index contributed by atoms with van der Waals surface area (Å²) in [5.41, 5.74) is 2.84. The van der Waals surface area contributed by atoms with E-state index in [0.29, 0.717) is 17.1 Å². The molecule has 4 aromatic rings. The van der Waals surface area contributed by atoms with Crippen molar-refractivity contribution in [3.8, 4) is 11.5 Å². The van der Waals surface area contributed by atoms with Crippen LogP contribution in [0.25, 0.3) is 5.65 Å². The second kappa shape index (κ2) is 6.72. The van der Waals surface area contributed by atoms with Crippen LogP contribution in [0, 0.1) is 6.92 Å². The van der Waals surface area contributed by atoms with Gasteiger partial charge in [0.05, 0.1) is 0 Å². The summed E-state index contributed by atoms with van der Waals surface area (Å²) in [6, 6.07) is 22.6. The first-order valence-corrected chi connectivity index (χ1v) is 8.28. The number of rotatable bonds is 4. The van der Waals surface area contributed by atoms with E-state index in [-0.39, 0.29) is 5.91 Å². The standard InChI is InChI=1S/C21H17N3O2/c1-15-6-5-9-20-23-19(14-24(15)20)21(25)22-16-10-12-18(13-11-16)26-17-7-3-2-4-8-17/h2-14H,1H3,(H,22,25). The van der Waals surface area contributed by atoms with Crippen molar-refractivity contribution in [3.63, 3.8) is 0 Å². The van der Waals surface area contributed by atoms with Gasteiger partial charge in [-0.05, 0) is 55.5 Å². The number of nitrogens with one attached hydrogen (secondary N) is 1. The van der Waals surface area contributed by atoms with Crippen LogP contribution in [0.15, 0.2) is 79.0 Å². The lowest BCUT2D eigenvalue weighted by Crippen LogP contribution is -2.12. The van der Waals surface area contributed by atoms with Gasteiger partial charge >= 0.3 is 0 Å². The van der Waals surface area contributed by atoms with Gasteiger partial charge in [0.15, 0.2) is 0 Å². The number of amides is 1. The van der Waals surface area contributed by atoms with E-state index in [1.165, 1.54) is 0 Å². The van der Waals surface area contributed by atoms with Gasteiger partial charge in [0.25, 0.3) is 5.91 Å². The fraction of sp³-hybridized carbons (Fsp3) is 0.0476. The van der Waals surface area contributed by atoms with Crippen molar-refractivity contribution < 1.29 is 9.53 Å². The summed E-state index contributed by atoms with van der Waals surface area (Å²) in [5, 5.41) is 2.86. The highest BCUT2D eigenvalue weighted by Crippen LogP contribution is 2.23. The number of nitrogens with zero attached hydrogens (tertiary/aromatic N) is 2. The van der Waals surface area contributed by atoms with Crippen molar-refractivity contribution in [2.24, 2.45) is 0 Å². The molecular weight excluding hydrogens is 326 g/mol. The molecule has 2 heterocycles. The number of benzene rings is 2. The third kappa shape index (κ3) is 3.28. The minimum Gasteiger partial charge on any atom is -0.457 e. The number of hydrogen-bond donors (Lipinski definition) is 1. The Bertz CT molecular complexity index is 1050. The Hall–Kier alpha value is -3.60. The summed E-state index contributed by atoms with van der Waals surface area (Å²) in [6.07, 6.45) is 1.74. The zero-order valence-electron chi connectivity index (χ0n) is 14.2. The van der Waals surface area contributed by atoms with Crippen molar-refractivity contribution in [3.05, 3.63) is 90.4 Å². The monoisotopic (exact) mass is 343 g/mol. The SMILES string of the molecule is Cc1cccc2nc(C(=O)Nc3ccc(Oc4ccccc4)cc3)cn12. The highest BCUT2D eigenvalue weighted by molar-refractivity contribution is 6.03. The molecule has 5 nitrogen and oxygen atoms in total. The first-order chi connectivity index (χ1) is 12.7. The van der Waals surface area contributed by atoms with Crippen molar-refractivity contribution in [1.82, 2.24) is 9.38 Å². The average molecular weight is 343 g/mol. The summed E-state index contributed by atoms with van der Waals surface area (Å²) < 4.78 is 7.64. The van der Waals surface area contributed by atoms with E-state index in [0.717, 1.165) is 17.1 Å². The van der Waals surface area contributed by atoms with Gasteiger partial charge in [0, 0.05) is 17.6 Å². The van der Waals surface area contributed by atoms with Crippen LogP contribution in [0.1, 0.15) is 16.2 Å². The number of anilines is 1. The Kier molecular flexibility index (Phi) is 4.11. The van der Waals surface area contributed by atoms with Crippen molar-refractivity contribution >= 4 is 17.2 Å². The van der Waals surface area contributed by atoms with Crippen molar-refractivity contribution in [2.75, 3.05) is 5.32 Å². The number of carbonyl (C=O) groups is 1. The second-order valence-electron chi connectivity index (χ2n) is 5.92. The van der Waals surface area contributed by atoms with E-state index in [1.54, 1.807) is 18.3 Å². The molecule has 0 unspecified atom stereocenters. The fourth-order valence-electron chi connectivity index (χ4n) is 2.68. The van der Waals surface area contributed by atoms with E-state index in [2.05, 4.69) is 10.3 Å². The van der Waals surface area contributed by atoms with Crippen LogP contribution in [-0.4, -0.2) is 15.3 Å². The molecule has 5 heteroatoms. The Morgan fingerprint density at radius 2 is 1.65 bits per heavy atom. The largest absolute Gasteiger partial charge is 0.457 e. The van der Waals surface area contributed by atoms with Crippen molar-refractivity contribution in [2.45, 2.75) is 6.92 Å². The number of para-hydroxylation sites is 1.